The second kappa shape index (κ2) is 6.10. The van der Waals surface area contributed by atoms with Crippen molar-refractivity contribution in [2.75, 3.05) is 18.4 Å². The number of carbonyl (C=O) groups is 2. The van der Waals surface area contributed by atoms with Gasteiger partial charge in [0.25, 0.3) is 5.91 Å². The molecule has 1 fully saturated rings. The molecule has 21 heavy (non-hydrogen) atoms. The molecule has 1 N–H and O–H groups in total. The van der Waals surface area contributed by atoms with Crippen molar-refractivity contribution in [1.82, 2.24) is 4.90 Å². The minimum absolute atomic E-state index is 0.00636. The maximum absolute atomic E-state index is 12.6. The van der Waals surface area contributed by atoms with E-state index in [9.17, 15) is 9.59 Å². The molecule has 1 atom stereocenters. The van der Waals surface area contributed by atoms with Crippen LogP contribution in [0, 0.1) is 0 Å². The van der Waals surface area contributed by atoms with E-state index in [4.69, 9.17) is 0 Å². The fraction of sp³-hybridized carbons (Fsp3) is 0.500. The lowest BCUT2D eigenvalue weighted by atomic mass is 10.1. The fourth-order valence-corrected chi connectivity index (χ4v) is 3.73. The van der Waals surface area contributed by atoms with Gasteiger partial charge < -0.3 is 10.2 Å². The van der Waals surface area contributed by atoms with E-state index in [0.717, 1.165) is 36.5 Å². The van der Waals surface area contributed by atoms with Crippen LogP contribution in [0.5, 0.6) is 0 Å². The summed E-state index contributed by atoms with van der Waals surface area (Å²) in [6.07, 6.45) is 4.58. The van der Waals surface area contributed by atoms with Crippen molar-refractivity contribution in [3.05, 3.63) is 23.8 Å². The van der Waals surface area contributed by atoms with E-state index in [0.29, 0.717) is 5.56 Å². The molecule has 0 radical (unpaired) electrons. The third-order valence-electron chi connectivity index (χ3n) is 4.05. The average molecular weight is 304 g/mol. The molecule has 0 saturated carbocycles. The summed E-state index contributed by atoms with van der Waals surface area (Å²) < 4.78 is 0. The zero-order valence-electron chi connectivity index (χ0n) is 12.2. The Morgan fingerprint density at radius 1 is 1.24 bits per heavy atom. The number of thioether (sulfide) groups is 1. The van der Waals surface area contributed by atoms with E-state index in [1.807, 2.05) is 30.0 Å². The number of fused-ring (bicyclic) bond motifs is 1. The monoisotopic (exact) mass is 304 g/mol. The minimum Gasteiger partial charge on any atom is -0.339 e. The van der Waals surface area contributed by atoms with Gasteiger partial charge in [0, 0.05) is 23.5 Å². The molecule has 0 unspecified atom stereocenters. The lowest BCUT2D eigenvalue weighted by Crippen LogP contribution is -2.32. The molecule has 112 valence electrons. The largest absolute Gasteiger partial charge is 0.339 e. The van der Waals surface area contributed by atoms with Gasteiger partial charge in [-0.3, -0.25) is 9.59 Å². The molecule has 1 saturated heterocycles. The number of anilines is 1. The van der Waals surface area contributed by atoms with Gasteiger partial charge in [-0.2, -0.15) is 0 Å². The molecule has 0 spiro atoms. The van der Waals surface area contributed by atoms with E-state index in [1.54, 1.807) is 11.8 Å². The highest BCUT2D eigenvalue weighted by molar-refractivity contribution is 8.00. The lowest BCUT2D eigenvalue weighted by Gasteiger charge is -2.24. The SMILES string of the molecule is C[C@H]1Sc2ccc(C(=O)N3CCCCCC3)cc2NC1=O. The standard InChI is InChI=1S/C16H20N2O2S/c1-11-15(19)17-13-10-12(6-7-14(13)21-11)16(20)18-8-4-2-3-5-9-18/h6-7,10-11H,2-5,8-9H2,1H3,(H,17,19)/t11-/m1/s1. The summed E-state index contributed by atoms with van der Waals surface area (Å²) in [4.78, 5) is 27.3. The molecule has 0 aromatic heterocycles. The molecule has 2 aliphatic rings. The van der Waals surface area contributed by atoms with Crippen LogP contribution in [0.25, 0.3) is 0 Å². The second-order valence-electron chi connectivity index (χ2n) is 5.67. The molecule has 1 aromatic carbocycles. The van der Waals surface area contributed by atoms with E-state index in [2.05, 4.69) is 5.32 Å². The van der Waals surface area contributed by atoms with Gasteiger partial charge in [0.1, 0.15) is 0 Å². The molecule has 2 aliphatic heterocycles. The summed E-state index contributed by atoms with van der Waals surface area (Å²) in [5.74, 6) is 0.0874. The third-order valence-corrected chi connectivity index (χ3v) is 5.23. The van der Waals surface area contributed by atoms with Crippen molar-refractivity contribution in [2.45, 2.75) is 42.8 Å². The average Bonchev–Trinajstić information content (AvgIpc) is 2.76. The number of rotatable bonds is 1. The Balaban J connectivity index is 1.81. The van der Waals surface area contributed by atoms with Crippen LogP contribution in [0.2, 0.25) is 0 Å². The van der Waals surface area contributed by atoms with Crippen LogP contribution in [-0.2, 0) is 4.79 Å². The van der Waals surface area contributed by atoms with Crippen LogP contribution in [0.4, 0.5) is 5.69 Å². The predicted octanol–water partition coefficient (Wildman–Crippen LogP) is 3.14. The highest BCUT2D eigenvalue weighted by Gasteiger charge is 2.25. The normalized spacial score (nSPS) is 22.2. The quantitative estimate of drug-likeness (QED) is 0.867. The van der Waals surface area contributed by atoms with Crippen LogP contribution >= 0.6 is 11.8 Å². The van der Waals surface area contributed by atoms with E-state index < -0.39 is 0 Å². The molecular formula is C16H20N2O2S. The predicted molar refractivity (Wildman–Crippen MR) is 84.8 cm³/mol. The van der Waals surface area contributed by atoms with Crippen molar-refractivity contribution in [2.24, 2.45) is 0 Å². The smallest absolute Gasteiger partial charge is 0.253 e. The van der Waals surface area contributed by atoms with Gasteiger partial charge in [-0.25, -0.2) is 0 Å². The Bertz CT molecular complexity index is 565. The van der Waals surface area contributed by atoms with Crippen molar-refractivity contribution in [3.8, 4) is 0 Å². The third kappa shape index (κ3) is 3.07. The first-order chi connectivity index (χ1) is 10.1. The zero-order valence-corrected chi connectivity index (χ0v) is 13.0. The Morgan fingerprint density at radius 3 is 2.67 bits per heavy atom. The Labute approximate surface area is 129 Å². The summed E-state index contributed by atoms with van der Waals surface area (Å²) >= 11 is 1.54. The number of amides is 2. The van der Waals surface area contributed by atoms with Crippen molar-refractivity contribution >= 4 is 29.3 Å². The molecule has 2 amide bonds. The number of benzene rings is 1. The zero-order chi connectivity index (χ0) is 14.8. The molecule has 0 bridgehead atoms. The molecular weight excluding hydrogens is 284 g/mol. The first-order valence-electron chi connectivity index (χ1n) is 7.56. The summed E-state index contributed by atoms with van der Waals surface area (Å²) in [6.45, 7) is 3.57. The molecule has 3 rings (SSSR count). The van der Waals surface area contributed by atoms with Crippen molar-refractivity contribution in [3.63, 3.8) is 0 Å². The van der Waals surface area contributed by atoms with Crippen LogP contribution in [-0.4, -0.2) is 35.1 Å². The number of nitrogens with zero attached hydrogens (tertiary/aromatic N) is 1. The van der Waals surface area contributed by atoms with Gasteiger partial charge in [0.15, 0.2) is 0 Å². The van der Waals surface area contributed by atoms with E-state index in [-0.39, 0.29) is 17.1 Å². The molecule has 5 heteroatoms. The number of nitrogens with one attached hydrogen (secondary N) is 1. The first kappa shape index (κ1) is 14.4. The Kier molecular flexibility index (Phi) is 4.19. The minimum atomic E-state index is -0.0790. The van der Waals surface area contributed by atoms with Crippen molar-refractivity contribution in [1.29, 1.82) is 0 Å². The van der Waals surface area contributed by atoms with Gasteiger partial charge in [-0.05, 0) is 38.0 Å². The number of hydrogen-bond acceptors (Lipinski definition) is 3. The number of likely N-dealkylation sites (tertiary alicyclic amines) is 1. The Hall–Kier alpha value is -1.49. The van der Waals surface area contributed by atoms with Gasteiger partial charge in [-0.1, -0.05) is 12.8 Å². The Morgan fingerprint density at radius 2 is 1.95 bits per heavy atom. The van der Waals surface area contributed by atoms with Crippen LogP contribution in [0.1, 0.15) is 43.0 Å². The molecule has 4 nitrogen and oxygen atoms in total. The maximum atomic E-state index is 12.6. The fourth-order valence-electron chi connectivity index (χ4n) is 2.80. The van der Waals surface area contributed by atoms with Crippen LogP contribution in [0.15, 0.2) is 23.1 Å². The maximum Gasteiger partial charge on any atom is 0.253 e. The van der Waals surface area contributed by atoms with E-state index >= 15 is 0 Å². The summed E-state index contributed by atoms with van der Waals surface area (Å²) in [5.41, 5.74) is 1.44. The summed E-state index contributed by atoms with van der Waals surface area (Å²) in [6, 6.07) is 5.64. The molecule has 2 heterocycles. The number of hydrogen-bond donors (Lipinski definition) is 1. The highest BCUT2D eigenvalue weighted by atomic mass is 32.2. The molecule has 1 aromatic rings. The van der Waals surface area contributed by atoms with Crippen LogP contribution < -0.4 is 5.32 Å². The first-order valence-corrected chi connectivity index (χ1v) is 8.44. The molecule has 0 aliphatic carbocycles. The summed E-state index contributed by atoms with van der Waals surface area (Å²) in [5, 5.41) is 2.81. The van der Waals surface area contributed by atoms with E-state index in [1.165, 1.54) is 12.8 Å². The lowest BCUT2D eigenvalue weighted by molar-refractivity contribution is -0.115. The topological polar surface area (TPSA) is 49.4 Å². The highest BCUT2D eigenvalue weighted by Crippen LogP contribution is 2.36. The van der Waals surface area contributed by atoms with Gasteiger partial charge >= 0.3 is 0 Å². The van der Waals surface area contributed by atoms with Gasteiger partial charge in [0.05, 0.1) is 10.9 Å². The second-order valence-corrected chi connectivity index (χ2v) is 7.05. The van der Waals surface area contributed by atoms with Crippen molar-refractivity contribution < 1.29 is 9.59 Å². The summed E-state index contributed by atoms with van der Waals surface area (Å²) in [7, 11) is 0. The van der Waals surface area contributed by atoms with Gasteiger partial charge in [-0.15, -0.1) is 11.8 Å². The van der Waals surface area contributed by atoms with Crippen LogP contribution in [0.3, 0.4) is 0 Å². The number of carbonyl (C=O) groups excluding carboxylic acids is 2. The van der Waals surface area contributed by atoms with Gasteiger partial charge in [0.2, 0.25) is 5.91 Å².